The highest BCUT2D eigenvalue weighted by Gasteiger charge is 2.21. The summed E-state index contributed by atoms with van der Waals surface area (Å²) in [7, 11) is -4.55. The molecule has 6 heteroatoms. The number of rotatable bonds is 2. The van der Waals surface area contributed by atoms with Gasteiger partial charge < -0.3 is 14.8 Å². The van der Waals surface area contributed by atoms with E-state index in [9.17, 15) is 9.36 Å². The molecule has 0 radical (unpaired) electrons. The Morgan fingerprint density at radius 2 is 1.62 bits per heavy atom. The Morgan fingerprint density at radius 3 is 2.29 bits per heavy atom. The van der Waals surface area contributed by atoms with Crippen molar-refractivity contribution in [3.63, 3.8) is 0 Å². The lowest BCUT2D eigenvalue weighted by Gasteiger charge is -2.06. The van der Waals surface area contributed by atoms with Crippen LogP contribution in [0.4, 0.5) is 0 Å². The van der Waals surface area contributed by atoms with Crippen molar-refractivity contribution in [3.05, 3.63) is 65.0 Å². The summed E-state index contributed by atoms with van der Waals surface area (Å²) in [4.78, 5) is 32.4. The normalized spacial score (nSPS) is 11.7. The maximum absolute atomic E-state index is 11.8. The average Bonchev–Trinajstić information content (AvgIpc) is 2.45. The first-order valence-electron chi connectivity index (χ1n) is 6.24. The van der Waals surface area contributed by atoms with Crippen LogP contribution in [-0.2, 0) is 4.57 Å². The van der Waals surface area contributed by atoms with E-state index in [4.69, 9.17) is 9.79 Å². The zero-order valence-electron chi connectivity index (χ0n) is 10.9. The van der Waals surface area contributed by atoms with Crippen LogP contribution in [0.25, 0.3) is 22.0 Å². The molecule has 2 aromatic carbocycles. The number of benzene rings is 2. The highest BCUT2D eigenvalue weighted by atomic mass is 31.2. The molecular formula is C15H12NO4P. The number of nitrogens with one attached hydrogen (secondary N) is 1. The first kappa shape index (κ1) is 13.8. The Labute approximate surface area is 120 Å². The topological polar surface area (TPSA) is 90.4 Å². The molecule has 0 saturated heterocycles. The molecule has 0 aliphatic carbocycles. The second kappa shape index (κ2) is 4.97. The molecule has 0 aliphatic heterocycles. The third-order valence-corrected chi connectivity index (χ3v) is 4.24. The predicted octanol–water partition coefficient (Wildman–Crippen LogP) is 2.00. The van der Waals surface area contributed by atoms with Crippen molar-refractivity contribution in [1.29, 1.82) is 0 Å². The van der Waals surface area contributed by atoms with E-state index in [1.165, 1.54) is 12.1 Å². The lowest BCUT2D eigenvalue weighted by Crippen LogP contribution is -2.27. The van der Waals surface area contributed by atoms with Crippen LogP contribution in [0.2, 0.25) is 0 Å². The zero-order chi connectivity index (χ0) is 15.0. The number of hydrogen-bond acceptors (Lipinski definition) is 2. The van der Waals surface area contributed by atoms with Crippen molar-refractivity contribution in [2.45, 2.75) is 0 Å². The second-order valence-corrected chi connectivity index (χ2v) is 6.26. The lowest BCUT2D eigenvalue weighted by atomic mass is 10.0. The molecule has 3 rings (SSSR count). The van der Waals surface area contributed by atoms with Gasteiger partial charge in [0, 0.05) is 5.69 Å². The molecule has 0 aliphatic rings. The molecule has 5 nitrogen and oxygen atoms in total. The number of aromatic amines is 1. The summed E-state index contributed by atoms with van der Waals surface area (Å²) in [6, 6.07) is 16.2. The predicted molar refractivity (Wildman–Crippen MR) is 81.7 cm³/mol. The van der Waals surface area contributed by atoms with Crippen molar-refractivity contribution in [1.82, 2.24) is 4.98 Å². The van der Waals surface area contributed by atoms with Gasteiger partial charge in [0.05, 0.1) is 0 Å². The van der Waals surface area contributed by atoms with Gasteiger partial charge in [0.1, 0.15) is 5.30 Å². The van der Waals surface area contributed by atoms with Crippen LogP contribution in [0.3, 0.4) is 0 Å². The van der Waals surface area contributed by atoms with Gasteiger partial charge in [0.25, 0.3) is 5.56 Å². The maximum Gasteiger partial charge on any atom is 0.361 e. The van der Waals surface area contributed by atoms with E-state index < -0.39 is 18.5 Å². The van der Waals surface area contributed by atoms with Gasteiger partial charge >= 0.3 is 7.60 Å². The summed E-state index contributed by atoms with van der Waals surface area (Å²) in [5.41, 5.74) is 0.528. The fourth-order valence-corrected chi connectivity index (χ4v) is 2.81. The van der Waals surface area contributed by atoms with E-state index in [-0.39, 0.29) is 0 Å². The van der Waals surface area contributed by atoms with Gasteiger partial charge in [-0.2, -0.15) is 0 Å². The second-order valence-electron chi connectivity index (χ2n) is 4.69. The molecule has 1 heterocycles. The summed E-state index contributed by atoms with van der Waals surface area (Å²) >= 11 is 0. The molecular weight excluding hydrogens is 289 g/mol. The molecule has 3 aromatic rings. The Balaban J connectivity index is 2.13. The monoisotopic (exact) mass is 301 g/mol. The molecule has 0 spiro atoms. The van der Waals surface area contributed by atoms with E-state index in [1.807, 2.05) is 42.5 Å². The lowest BCUT2D eigenvalue weighted by molar-refractivity contribution is 0.387. The minimum atomic E-state index is -4.55. The van der Waals surface area contributed by atoms with E-state index in [2.05, 4.69) is 4.98 Å². The number of pyridine rings is 1. The fourth-order valence-electron chi connectivity index (χ4n) is 2.22. The first-order chi connectivity index (χ1) is 9.95. The molecule has 1 aromatic heterocycles. The number of H-pyrrole nitrogens is 1. The summed E-state index contributed by atoms with van der Waals surface area (Å²) in [5.74, 6) is 0. The third-order valence-electron chi connectivity index (χ3n) is 3.26. The van der Waals surface area contributed by atoms with Crippen molar-refractivity contribution in [3.8, 4) is 11.3 Å². The first-order valence-corrected chi connectivity index (χ1v) is 7.85. The minimum Gasteiger partial charge on any atom is -0.321 e. The standard InChI is InChI=1S/C15H12NO4P/c17-15-14(21(18,19)20)8-7-13(16-15)12-6-5-10-3-1-2-4-11(10)9-12/h1-9H,(H,16,17)(H2,18,19,20). The van der Waals surface area contributed by atoms with Crippen molar-refractivity contribution < 1.29 is 14.4 Å². The van der Waals surface area contributed by atoms with Crippen LogP contribution in [-0.4, -0.2) is 14.8 Å². The number of aromatic nitrogens is 1. The Kier molecular flexibility index (Phi) is 3.26. The number of fused-ring (bicyclic) bond motifs is 1. The molecule has 0 bridgehead atoms. The van der Waals surface area contributed by atoms with Crippen molar-refractivity contribution in [2.24, 2.45) is 0 Å². The largest absolute Gasteiger partial charge is 0.361 e. The molecule has 0 atom stereocenters. The van der Waals surface area contributed by atoms with Crippen LogP contribution < -0.4 is 10.9 Å². The van der Waals surface area contributed by atoms with Gasteiger partial charge in [-0.3, -0.25) is 9.36 Å². The molecule has 0 saturated carbocycles. The smallest absolute Gasteiger partial charge is 0.321 e. The maximum atomic E-state index is 11.8. The molecule has 0 fully saturated rings. The molecule has 0 unspecified atom stereocenters. The van der Waals surface area contributed by atoms with Crippen molar-refractivity contribution in [2.75, 3.05) is 0 Å². The molecule has 3 N–H and O–H groups in total. The van der Waals surface area contributed by atoms with E-state index in [1.54, 1.807) is 0 Å². The molecule has 106 valence electrons. The van der Waals surface area contributed by atoms with Crippen LogP contribution in [0, 0.1) is 0 Å². The van der Waals surface area contributed by atoms with Crippen LogP contribution in [0.5, 0.6) is 0 Å². The van der Waals surface area contributed by atoms with Gasteiger partial charge in [-0.25, -0.2) is 0 Å². The fraction of sp³-hybridized carbons (Fsp3) is 0. The summed E-state index contributed by atoms with van der Waals surface area (Å²) in [6.07, 6.45) is 0. The van der Waals surface area contributed by atoms with Gasteiger partial charge in [-0.05, 0) is 34.5 Å². The highest BCUT2D eigenvalue weighted by Crippen LogP contribution is 2.31. The van der Waals surface area contributed by atoms with Gasteiger partial charge in [-0.15, -0.1) is 0 Å². The Morgan fingerprint density at radius 1 is 0.905 bits per heavy atom. The summed E-state index contributed by atoms with van der Waals surface area (Å²) < 4.78 is 11.2. The molecule has 21 heavy (non-hydrogen) atoms. The van der Waals surface area contributed by atoms with Crippen molar-refractivity contribution >= 4 is 23.7 Å². The number of hydrogen-bond donors (Lipinski definition) is 3. The van der Waals surface area contributed by atoms with E-state index in [0.717, 1.165) is 16.3 Å². The zero-order valence-corrected chi connectivity index (χ0v) is 11.7. The summed E-state index contributed by atoms with van der Waals surface area (Å²) in [5, 5.41) is 1.58. The quantitative estimate of drug-likeness (QED) is 0.631. The van der Waals surface area contributed by atoms with Crippen LogP contribution in [0.15, 0.2) is 59.4 Å². The van der Waals surface area contributed by atoms with E-state index >= 15 is 0 Å². The van der Waals surface area contributed by atoms with Crippen LogP contribution >= 0.6 is 7.60 Å². The van der Waals surface area contributed by atoms with Gasteiger partial charge in [-0.1, -0.05) is 36.4 Å². The molecule has 0 amide bonds. The minimum absolute atomic E-state index is 0.517. The SMILES string of the molecule is O=c1[nH]c(-c2ccc3ccccc3c2)ccc1P(=O)(O)O. The summed E-state index contributed by atoms with van der Waals surface area (Å²) in [6.45, 7) is 0. The van der Waals surface area contributed by atoms with Gasteiger partial charge in [0.2, 0.25) is 0 Å². The average molecular weight is 301 g/mol. The third kappa shape index (κ3) is 2.67. The van der Waals surface area contributed by atoms with Gasteiger partial charge in [0.15, 0.2) is 0 Å². The Hall–Kier alpha value is -2.20. The van der Waals surface area contributed by atoms with Crippen LogP contribution in [0.1, 0.15) is 0 Å². The Bertz CT molecular complexity index is 926. The highest BCUT2D eigenvalue weighted by molar-refractivity contribution is 7.60. The van der Waals surface area contributed by atoms with E-state index in [0.29, 0.717) is 5.69 Å².